The molecule has 5 aromatic rings. The van der Waals surface area contributed by atoms with Gasteiger partial charge in [0.25, 0.3) is 10.0 Å². The number of nitrogens with one attached hydrogen (secondary N) is 1. The van der Waals surface area contributed by atoms with Gasteiger partial charge in [0, 0.05) is 11.1 Å². The number of hydrogen-bond acceptors (Lipinski definition) is 4. The van der Waals surface area contributed by atoms with Gasteiger partial charge in [-0.2, -0.15) is 0 Å². The van der Waals surface area contributed by atoms with Crippen LogP contribution in [0.3, 0.4) is 0 Å². The van der Waals surface area contributed by atoms with Gasteiger partial charge in [-0.25, -0.2) is 13.2 Å². The lowest BCUT2D eigenvalue weighted by atomic mass is 9.90. The number of rotatable bonds is 7. The third-order valence-corrected chi connectivity index (χ3v) is 7.84. The second-order valence-electron chi connectivity index (χ2n) is 9.19. The molecule has 0 unspecified atom stereocenters. The first kappa shape index (κ1) is 25.2. The quantitative estimate of drug-likeness (QED) is 0.228. The molecular formula is C32H27NO4S. The van der Waals surface area contributed by atoms with Gasteiger partial charge in [-0.15, -0.1) is 0 Å². The molecule has 38 heavy (non-hydrogen) atoms. The van der Waals surface area contributed by atoms with Crippen LogP contribution in [0, 0.1) is 13.8 Å². The molecule has 190 valence electrons. The summed E-state index contributed by atoms with van der Waals surface area (Å²) in [4.78, 5) is 13.6. The summed E-state index contributed by atoms with van der Waals surface area (Å²) < 4.78 is 35.3. The standard InChI is InChI=1S/C32H27NO4S/c1-22-15-18-26(19-16-22)38(35,36)33-29-20-17-25-12-6-7-13-27(25)31(29)30-23(2)9-8-14-28(30)32(34)37-21-24-10-4-3-5-11-24/h3-20,33H,21H2,1-2H3. The Kier molecular flexibility index (Phi) is 6.99. The van der Waals surface area contributed by atoms with Gasteiger partial charge in [-0.1, -0.05) is 90.5 Å². The van der Waals surface area contributed by atoms with E-state index in [0.717, 1.165) is 27.5 Å². The first-order chi connectivity index (χ1) is 18.3. The molecule has 0 aliphatic heterocycles. The van der Waals surface area contributed by atoms with E-state index in [0.29, 0.717) is 22.4 Å². The highest BCUT2D eigenvalue weighted by Gasteiger charge is 2.23. The van der Waals surface area contributed by atoms with E-state index in [1.165, 1.54) is 0 Å². The maximum Gasteiger partial charge on any atom is 0.339 e. The average molecular weight is 522 g/mol. The number of hydrogen-bond donors (Lipinski definition) is 1. The van der Waals surface area contributed by atoms with Gasteiger partial charge in [-0.3, -0.25) is 4.72 Å². The first-order valence-electron chi connectivity index (χ1n) is 12.3. The summed E-state index contributed by atoms with van der Waals surface area (Å²) in [6.45, 7) is 3.95. The molecule has 6 heteroatoms. The van der Waals surface area contributed by atoms with Gasteiger partial charge in [-0.05, 0) is 60.0 Å². The van der Waals surface area contributed by atoms with Crippen molar-refractivity contribution < 1.29 is 17.9 Å². The van der Waals surface area contributed by atoms with Gasteiger partial charge in [0.05, 0.1) is 16.1 Å². The van der Waals surface area contributed by atoms with Crippen molar-refractivity contribution in [1.82, 2.24) is 0 Å². The normalized spacial score (nSPS) is 11.3. The van der Waals surface area contributed by atoms with Crippen LogP contribution in [0.5, 0.6) is 0 Å². The molecule has 0 atom stereocenters. The Morgan fingerprint density at radius 1 is 0.737 bits per heavy atom. The lowest BCUT2D eigenvalue weighted by molar-refractivity contribution is 0.0473. The van der Waals surface area contributed by atoms with Crippen LogP contribution in [-0.2, 0) is 21.4 Å². The molecule has 0 aliphatic carbocycles. The van der Waals surface area contributed by atoms with Crippen molar-refractivity contribution in [3.63, 3.8) is 0 Å². The Balaban J connectivity index is 1.63. The highest BCUT2D eigenvalue weighted by atomic mass is 32.2. The smallest absolute Gasteiger partial charge is 0.339 e. The fraction of sp³-hybridized carbons (Fsp3) is 0.0938. The zero-order valence-corrected chi connectivity index (χ0v) is 22.0. The minimum atomic E-state index is -3.89. The second kappa shape index (κ2) is 10.5. The van der Waals surface area contributed by atoms with Gasteiger partial charge in [0.15, 0.2) is 0 Å². The number of sulfonamides is 1. The lowest BCUT2D eigenvalue weighted by Crippen LogP contribution is -2.14. The van der Waals surface area contributed by atoms with Crippen LogP contribution in [-0.4, -0.2) is 14.4 Å². The van der Waals surface area contributed by atoms with Crippen molar-refractivity contribution >= 4 is 32.5 Å². The molecule has 0 bridgehead atoms. The summed E-state index contributed by atoms with van der Waals surface area (Å²) in [5.74, 6) is -0.479. The Morgan fingerprint density at radius 3 is 2.21 bits per heavy atom. The van der Waals surface area contributed by atoms with E-state index in [9.17, 15) is 13.2 Å². The highest BCUT2D eigenvalue weighted by Crippen LogP contribution is 2.40. The zero-order chi connectivity index (χ0) is 26.7. The molecule has 0 saturated carbocycles. The molecule has 0 amide bonds. The van der Waals surface area contributed by atoms with E-state index in [2.05, 4.69) is 4.72 Å². The summed E-state index contributed by atoms with van der Waals surface area (Å²) in [6, 6.07) is 32.9. The number of carbonyl (C=O) groups excluding carboxylic acids is 1. The topological polar surface area (TPSA) is 72.5 Å². The molecule has 5 nitrogen and oxygen atoms in total. The Hall–Kier alpha value is -4.42. The molecule has 0 aromatic heterocycles. The summed E-state index contributed by atoms with van der Waals surface area (Å²) in [5, 5.41) is 1.75. The Bertz CT molecular complexity index is 1730. The van der Waals surface area contributed by atoms with E-state index in [-0.39, 0.29) is 11.5 Å². The van der Waals surface area contributed by atoms with E-state index in [1.807, 2.05) is 80.6 Å². The molecule has 0 aliphatic rings. The maximum absolute atomic E-state index is 13.4. The number of fused-ring (bicyclic) bond motifs is 1. The minimum absolute atomic E-state index is 0.134. The van der Waals surface area contributed by atoms with E-state index < -0.39 is 16.0 Å². The van der Waals surface area contributed by atoms with Gasteiger partial charge >= 0.3 is 5.97 Å². The van der Waals surface area contributed by atoms with Crippen molar-refractivity contribution in [2.45, 2.75) is 25.3 Å². The largest absolute Gasteiger partial charge is 0.457 e. The van der Waals surface area contributed by atoms with Crippen molar-refractivity contribution in [2.24, 2.45) is 0 Å². The summed E-state index contributed by atoms with van der Waals surface area (Å²) in [7, 11) is -3.89. The van der Waals surface area contributed by atoms with Gasteiger partial charge in [0.2, 0.25) is 0 Å². The van der Waals surface area contributed by atoms with E-state index in [1.54, 1.807) is 42.5 Å². The average Bonchev–Trinajstić information content (AvgIpc) is 2.92. The number of benzene rings is 5. The van der Waals surface area contributed by atoms with E-state index in [4.69, 9.17) is 4.74 Å². The second-order valence-corrected chi connectivity index (χ2v) is 10.9. The third-order valence-electron chi connectivity index (χ3n) is 6.46. The number of aryl methyl sites for hydroxylation is 2. The minimum Gasteiger partial charge on any atom is -0.457 e. The van der Waals surface area contributed by atoms with Crippen molar-refractivity contribution in [1.29, 1.82) is 0 Å². The van der Waals surface area contributed by atoms with Crippen LogP contribution in [0.1, 0.15) is 27.0 Å². The van der Waals surface area contributed by atoms with Crippen LogP contribution in [0.25, 0.3) is 21.9 Å². The van der Waals surface area contributed by atoms with E-state index >= 15 is 0 Å². The van der Waals surface area contributed by atoms with Crippen molar-refractivity contribution in [2.75, 3.05) is 4.72 Å². The number of ether oxygens (including phenoxy) is 1. The maximum atomic E-state index is 13.4. The van der Waals surface area contributed by atoms with Crippen LogP contribution in [0.2, 0.25) is 0 Å². The predicted octanol–water partition coefficient (Wildman–Crippen LogP) is 7.28. The number of carbonyl (C=O) groups is 1. The molecule has 0 fully saturated rings. The molecule has 0 heterocycles. The molecule has 1 N–H and O–H groups in total. The van der Waals surface area contributed by atoms with Crippen LogP contribution in [0.4, 0.5) is 5.69 Å². The molecule has 0 radical (unpaired) electrons. The van der Waals surface area contributed by atoms with Crippen LogP contribution >= 0.6 is 0 Å². The molecule has 0 spiro atoms. The van der Waals surface area contributed by atoms with Crippen LogP contribution < -0.4 is 4.72 Å². The summed E-state index contributed by atoms with van der Waals surface area (Å²) in [6.07, 6.45) is 0. The van der Waals surface area contributed by atoms with Crippen LogP contribution in [0.15, 0.2) is 114 Å². The molecular weight excluding hydrogens is 494 g/mol. The van der Waals surface area contributed by atoms with Gasteiger partial charge < -0.3 is 4.74 Å². The number of anilines is 1. The van der Waals surface area contributed by atoms with Crippen molar-refractivity contribution in [3.8, 4) is 11.1 Å². The monoisotopic (exact) mass is 521 g/mol. The molecule has 5 rings (SSSR count). The molecule has 0 saturated heterocycles. The Morgan fingerprint density at radius 2 is 1.45 bits per heavy atom. The summed E-state index contributed by atoms with van der Waals surface area (Å²) in [5.41, 5.74) is 4.68. The third kappa shape index (κ3) is 5.17. The Labute approximate surface area is 222 Å². The fourth-order valence-corrected chi connectivity index (χ4v) is 5.59. The van der Waals surface area contributed by atoms with Crippen molar-refractivity contribution in [3.05, 3.63) is 131 Å². The van der Waals surface area contributed by atoms with Gasteiger partial charge in [0.1, 0.15) is 6.61 Å². The summed E-state index contributed by atoms with van der Waals surface area (Å²) >= 11 is 0. The zero-order valence-electron chi connectivity index (χ0n) is 21.1. The molecule has 5 aromatic carbocycles. The fourth-order valence-electron chi connectivity index (χ4n) is 4.52. The number of esters is 1. The first-order valence-corrected chi connectivity index (χ1v) is 13.7. The predicted molar refractivity (Wildman–Crippen MR) is 152 cm³/mol. The highest BCUT2D eigenvalue weighted by molar-refractivity contribution is 7.92. The lowest BCUT2D eigenvalue weighted by Gasteiger charge is -2.19. The SMILES string of the molecule is Cc1ccc(S(=O)(=O)Nc2ccc3ccccc3c2-c2c(C)cccc2C(=O)OCc2ccccc2)cc1.